The number of rotatable bonds is 7. The maximum Gasteiger partial charge on any atom is 0.337 e. The Morgan fingerprint density at radius 1 is 0.935 bits per heavy atom. The molecular formula is C20H15N3O7S. The van der Waals surface area contributed by atoms with Crippen molar-refractivity contribution in [3.8, 4) is 0 Å². The molecule has 0 aromatic heterocycles. The highest BCUT2D eigenvalue weighted by atomic mass is 32.2. The third kappa shape index (κ3) is 5.03. The number of para-hydroxylation sites is 1. The Labute approximate surface area is 176 Å². The van der Waals surface area contributed by atoms with Crippen LogP contribution in [0.25, 0.3) is 0 Å². The minimum absolute atomic E-state index is 0.0810. The molecule has 0 spiro atoms. The van der Waals surface area contributed by atoms with Gasteiger partial charge in [-0.25, -0.2) is 13.2 Å². The van der Waals surface area contributed by atoms with E-state index in [1.807, 2.05) is 0 Å². The lowest BCUT2D eigenvalue weighted by Gasteiger charge is -2.11. The van der Waals surface area contributed by atoms with Gasteiger partial charge in [-0.05, 0) is 42.5 Å². The second kappa shape index (κ2) is 8.63. The van der Waals surface area contributed by atoms with Crippen LogP contribution in [-0.2, 0) is 10.0 Å². The van der Waals surface area contributed by atoms with Crippen molar-refractivity contribution >= 4 is 39.0 Å². The molecule has 3 N–H and O–H groups in total. The zero-order valence-corrected chi connectivity index (χ0v) is 16.5. The lowest BCUT2D eigenvalue weighted by Crippen LogP contribution is -2.16. The first kappa shape index (κ1) is 21.5. The molecule has 3 rings (SSSR count). The van der Waals surface area contributed by atoms with E-state index in [4.69, 9.17) is 0 Å². The van der Waals surface area contributed by atoms with E-state index in [0.29, 0.717) is 0 Å². The number of carboxylic acid groups (broad SMARTS) is 1. The van der Waals surface area contributed by atoms with E-state index in [9.17, 15) is 33.2 Å². The Balaban J connectivity index is 1.80. The summed E-state index contributed by atoms with van der Waals surface area (Å²) in [6, 6.07) is 15.8. The molecule has 3 aromatic carbocycles. The molecule has 0 heterocycles. The lowest BCUT2D eigenvalue weighted by atomic mass is 10.1. The Morgan fingerprint density at radius 2 is 1.61 bits per heavy atom. The molecule has 0 bridgehead atoms. The molecule has 158 valence electrons. The smallest absolute Gasteiger partial charge is 0.337 e. The van der Waals surface area contributed by atoms with Crippen molar-refractivity contribution in [1.29, 1.82) is 0 Å². The fourth-order valence-electron chi connectivity index (χ4n) is 2.66. The molecule has 0 atom stereocenters. The molecule has 0 saturated carbocycles. The van der Waals surface area contributed by atoms with Crippen molar-refractivity contribution < 1.29 is 28.0 Å². The molecule has 0 aliphatic heterocycles. The zero-order valence-electron chi connectivity index (χ0n) is 15.7. The first-order valence-corrected chi connectivity index (χ1v) is 10.2. The van der Waals surface area contributed by atoms with E-state index in [1.54, 1.807) is 6.07 Å². The summed E-state index contributed by atoms with van der Waals surface area (Å²) in [7, 11) is -4.06. The maximum atomic E-state index is 12.5. The minimum Gasteiger partial charge on any atom is -0.478 e. The van der Waals surface area contributed by atoms with Gasteiger partial charge in [0.05, 0.1) is 21.1 Å². The highest BCUT2D eigenvalue weighted by Crippen LogP contribution is 2.21. The molecule has 1 amide bonds. The number of non-ortho nitro benzene ring substituents is 1. The van der Waals surface area contributed by atoms with Crippen molar-refractivity contribution in [2.24, 2.45) is 0 Å². The molecule has 0 radical (unpaired) electrons. The van der Waals surface area contributed by atoms with E-state index >= 15 is 0 Å². The van der Waals surface area contributed by atoms with Crippen LogP contribution < -0.4 is 10.0 Å². The number of nitrogens with zero attached hydrogens (tertiary/aromatic N) is 1. The van der Waals surface area contributed by atoms with Crippen LogP contribution in [0.1, 0.15) is 20.7 Å². The average Bonchev–Trinajstić information content (AvgIpc) is 2.74. The summed E-state index contributed by atoms with van der Waals surface area (Å²) in [5, 5.41) is 22.4. The summed E-state index contributed by atoms with van der Waals surface area (Å²) >= 11 is 0. The van der Waals surface area contributed by atoms with Crippen LogP contribution in [0.5, 0.6) is 0 Å². The Bertz CT molecular complexity index is 1270. The monoisotopic (exact) mass is 441 g/mol. The molecule has 11 heteroatoms. The summed E-state index contributed by atoms with van der Waals surface area (Å²) in [5.74, 6) is -1.84. The van der Waals surface area contributed by atoms with Crippen molar-refractivity contribution in [2.75, 3.05) is 10.0 Å². The molecule has 3 aromatic rings. The van der Waals surface area contributed by atoms with Crippen molar-refractivity contribution in [3.63, 3.8) is 0 Å². The van der Waals surface area contributed by atoms with Gasteiger partial charge in [0.25, 0.3) is 21.6 Å². The topological polar surface area (TPSA) is 156 Å². The molecular weight excluding hydrogens is 426 g/mol. The van der Waals surface area contributed by atoms with Crippen LogP contribution in [0.15, 0.2) is 77.7 Å². The third-order valence-corrected chi connectivity index (χ3v) is 5.54. The molecule has 31 heavy (non-hydrogen) atoms. The van der Waals surface area contributed by atoms with Gasteiger partial charge in [0.15, 0.2) is 0 Å². The molecule has 10 nitrogen and oxygen atoms in total. The second-order valence-electron chi connectivity index (χ2n) is 6.24. The maximum absolute atomic E-state index is 12.5. The van der Waals surface area contributed by atoms with Gasteiger partial charge >= 0.3 is 5.97 Å². The summed E-state index contributed by atoms with van der Waals surface area (Å²) < 4.78 is 27.4. The molecule has 0 aliphatic rings. The van der Waals surface area contributed by atoms with Crippen LogP contribution in [0.2, 0.25) is 0 Å². The Morgan fingerprint density at radius 3 is 2.26 bits per heavy atom. The predicted molar refractivity (Wildman–Crippen MR) is 112 cm³/mol. The first-order valence-electron chi connectivity index (χ1n) is 8.68. The van der Waals surface area contributed by atoms with Crippen molar-refractivity contribution in [1.82, 2.24) is 0 Å². The van der Waals surface area contributed by atoms with Crippen LogP contribution in [0.3, 0.4) is 0 Å². The molecule has 0 fully saturated rings. The van der Waals surface area contributed by atoms with Crippen molar-refractivity contribution in [3.05, 3.63) is 94.0 Å². The van der Waals surface area contributed by atoms with Gasteiger partial charge in [0.2, 0.25) is 0 Å². The summed E-state index contributed by atoms with van der Waals surface area (Å²) in [6.45, 7) is 0. The van der Waals surface area contributed by atoms with Gasteiger partial charge < -0.3 is 10.4 Å². The number of carbonyl (C=O) groups excluding carboxylic acids is 1. The highest BCUT2D eigenvalue weighted by molar-refractivity contribution is 7.92. The molecule has 0 unspecified atom stereocenters. The number of carboxylic acids is 1. The van der Waals surface area contributed by atoms with E-state index in [-0.39, 0.29) is 33.1 Å². The number of aromatic carboxylic acids is 1. The van der Waals surface area contributed by atoms with E-state index in [0.717, 1.165) is 24.3 Å². The number of benzene rings is 3. The average molecular weight is 441 g/mol. The Hall–Kier alpha value is -4.25. The minimum atomic E-state index is -4.06. The molecule has 0 saturated heterocycles. The quantitative estimate of drug-likeness (QED) is 0.375. The standard InChI is InChI=1S/C20H15N3O7S/c24-19(21-18-7-2-1-6-17(18)20(25)26)13-4-3-5-14(12-13)22-31(29,30)16-10-8-15(9-11-16)23(27)28/h1-12,22H,(H,21,24)(H,25,26). The van der Waals surface area contributed by atoms with Crippen molar-refractivity contribution in [2.45, 2.75) is 4.90 Å². The van der Waals surface area contributed by atoms with Gasteiger partial charge in [-0.3, -0.25) is 19.6 Å². The predicted octanol–water partition coefficient (Wildman–Crippen LogP) is 3.35. The van der Waals surface area contributed by atoms with E-state index < -0.39 is 26.8 Å². The number of nitrogens with one attached hydrogen (secondary N) is 2. The number of hydrogen-bond acceptors (Lipinski definition) is 6. The van der Waals surface area contributed by atoms with Gasteiger partial charge in [0, 0.05) is 23.4 Å². The number of nitro benzene ring substituents is 1. The number of carbonyl (C=O) groups is 2. The third-order valence-electron chi connectivity index (χ3n) is 4.14. The van der Waals surface area contributed by atoms with Crippen LogP contribution in [0, 0.1) is 10.1 Å². The van der Waals surface area contributed by atoms with E-state index in [2.05, 4.69) is 10.0 Å². The number of hydrogen-bond donors (Lipinski definition) is 3. The largest absolute Gasteiger partial charge is 0.478 e. The van der Waals surface area contributed by atoms with Gasteiger partial charge in [-0.1, -0.05) is 18.2 Å². The van der Waals surface area contributed by atoms with E-state index in [1.165, 1.54) is 42.5 Å². The van der Waals surface area contributed by atoms with Crippen LogP contribution >= 0.6 is 0 Å². The number of anilines is 2. The SMILES string of the molecule is O=C(Nc1ccccc1C(=O)O)c1cccc(NS(=O)(=O)c2ccc([N+](=O)[O-])cc2)c1. The van der Waals surface area contributed by atoms with Gasteiger partial charge in [-0.2, -0.15) is 0 Å². The fourth-order valence-corrected chi connectivity index (χ4v) is 3.71. The number of nitro groups is 1. The summed E-state index contributed by atoms with van der Waals surface area (Å²) in [5.41, 5.74) is -0.0800. The first-order chi connectivity index (χ1) is 14.7. The number of amides is 1. The normalized spacial score (nSPS) is 10.8. The fraction of sp³-hybridized carbons (Fsp3) is 0. The van der Waals surface area contributed by atoms with Crippen LogP contribution in [0.4, 0.5) is 17.1 Å². The lowest BCUT2D eigenvalue weighted by molar-refractivity contribution is -0.384. The number of sulfonamides is 1. The van der Waals surface area contributed by atoms with Gasteiger partial charge in [-0.15, -0.1) is 0 Å². The van der Waals surface area contributed by atoms with Gasteiger partial charge in [0.1, 0.15) is 0 Å². The highest BCUT2D eigenvalue weighted by Gasteiger charge is 2.18. The molecule has 0 aliphatic carbocycles. The summed E-state index contributed by atoms with van der Waals surface area (Å²) in [6.07, 6.45) is 0. The Kier molecular flexibility index (Phi) is 5.97. The summed E-state index contributed by atoms with van der Waals surface area (Å²) in [4.78, 5) is 33.7. The van der Waals surface area contributed by atoms with Crippen LogP contribution in [-0.4, -0.2) is 30.3 Å². The second-order valence-corrected chi connectivity index (χ2v) is 7.92. The zero-order chi connectivity index (χ0) is 22.6.